The molecule has 0 spiro atoms. The summed E-state index contributed by atoms with van der Waals surface area (Å²) in [5, 5.41) is 14.1. The van der Waals surface area contributed by atoms with Gasteiger partial charge in [0.05, 0.1) is 11.3 Å². The lowest BCUT2D eigenvalue weighted by molar-refractivity contribution is 0.0696. The number of thiophene rings is 1. The van der Waals surface area contributed by atoms with Gasteiger partial charge in [0.25, 0.3) is 0 Å². The molecule has 18 heavy (non-hydrogen) atoms. The Morgan fingerprint density at radius 3 is 2.89 bits per heavy atom. The van der Waals surface area contributed by atoms with Crippen molar-refractivity contribution in [3.63, 3.8) is 0 Å². The number of hydrogen-bond acceptors (Lipinski definition) is 4. The van der Waals surface area contributed by atoms with Gasteiger partial charge in [0.2, 0.25) is 0 Å². The summed E-state index contributed by atoms with van der Waals surface area (Å²) in [5.41, 5.74) is 1.07. The first-order valence-electron chi connectivity index (χ1n) is 5.67. The van der Waals surface area contributed by atoms with E-state index in [2.05, 4.69) is 21.7 Å². The predicted molar refractivity (Wildman–Crippen MR) is 70.9 cm³/mol. The van der Waals surface area contributed by atoms with Crippen molar-refractivity contribution in [1.29, 1.82) is 0 Å². The van der Waals surface area contributed by atoms with E-state index in [9.17, 15) is 4.79 Å². The summed E-state index contributed by atoms with van der Waals surface area (Å²) in [4.78, 5) is 16.1. The fraction of sp³-hybridized carbons (Fsp3) is 0.231. The molecule has 4 nitrogen and oxygen atoms in total. The molecule has 2 rings (SSSR count). The van der Waals surface area contributed by atoms with E-state index < -0.39 is 5.97 Å². The van der Waals surface area contributed by atoms with E-state index in [0.29, 0.717) is 6.54 Å². The summed E-state index contributed by atoms with van der Waals surface area (Å²) in [6.07, 6.45) is 2.39. The second kappa shape index (κ2) is 6.28. The number of hydrogen-bond donors (Lipinski definition) is 2. The van der Waals surface area contributed by atoms with Gasteiger partial charge in [-0.1, -0.05) is 6.07 Å². The van der Waals surface area contributed by atoms with Crippen molar-refractivity contribution in [3.05, 3.63) is 52.0 Å². The van der Waals surface area contributed by atoms with Crippen LogP contribution in [0, 0.1) is 0 Å². The van der Waals surface area contributed by atoms with Crippen LogP contribution in [0.1, 0.15) is 20.9 Å². The Labute approximate surface area is 109 Å². The topological polar surface area (TPSA) is 62.2 Å². The average Bonchev–Trinajstić information content (AvgIpc) is 2.88. The molecule has 2 N–H and O–H groups in total. The van der Waals surface area contributed by atoms with Crippen molar-refractivity contribution in [2.24, 2.45) is 0 Å². The number of aromatic carboxylic acids is 1. The molecule has 2 aromatic rings. The number of carboxylic acids is 1. The Morgan fingerprint density at radius 2 is 2.28 bits per heavy atom. The zero-order valence-electron chi connectivity index (χ0n) is 9.80. The Kier molecular flexibility index (Phi) is 4.44. The van der Waals surface area contributed by atoms with E-state index >= 15 is 0 Å². The van der Waals surface area contributed by atoms with Crippen LogP contribution in [0.5, 0.6) is 0 Å². The van der Waals surface area contributed by atoms with Gasteiger partial charge in [-0.3, -0.25) is 4.98 Å². The standard InChI is InChI=1S/C13H14N2O2S/c16-13(17)10-3-4-11(15-8-10)9-14-6-5-12-2-1-7-18-12/h1-4,7-8,14H,5-6,9H2,(H,16,17). The summed E-state index contributed by atoms with van der Waals surface area (Å²) in [6, 6.07) is 7.48. The molecule has 2 aromatic heterocycles. The monoisotopic (exact) mass is 262 g/mol. The third-order valence-electron chi connectivity index (χ3n) is 2.51. The molecule has 0 saturated carbocycles. The molecule has 0 aliphatic carbocycles. The van der Waals surface area contributed by atoms with Crippen LogP contribution < -0.4 is 5.32 Å². The first-order chi connectivity index (χ1) is 8.75. The Morgan fingerprint density at radius 1 is 1.39 bits per heavy atom. The Hall–Kier alpha value is -1.72. The van der Waals surface area contributed by atoms with E-state index in [1.807, 2.05) is 6.07 Å². The van der Waals surface area contributed by atoms with Gasteiger partial charge in [-0.05, 0) is 30.0 Å². The molecule has 0 bridgehead atoms. The second-order valence-corrected chi connectivity index (χ2v) is 4.88. The molecule has 0 aromatic carbocycles. The maximum Gasteiger partial charge on any atom is 0.337 e. The minimum atomic E-state index is -0.945. The molecule has 0 amide bonds. The molecular formula is C13H14N2O2S. The number of carboxylic acid groups (broad SMARTS) is 1. The number of aromatic nitrogens is 1. The second-order valence-electron chi connectivity index (χ2n) is 3.85. The van der Waals surface area contributed by atoms with Gasteiger partial charge >= 0.3 is 5.97 Å². The molecule has 0 fully saturated rings. The number of pyridine rings is 1. The van der Waals surface area contributed by atoms with Crippen LogP contribution in [-0.2, 0) is 13.0 Å². The summed E-state index contributed by atoms with van der Waals surface area (Å²) in [6.45, 7) is 1.55. The van der Waals surface area contributed by atoms with Gasteiger partial charge in [0.1, 0.15) is 0 Å². The molecule has 0 atom stereocenters. The first kappa shape index (κ1) is 12.7. The third kappa shape index (κ3) is 3.65. The summed E-state index contributed by atoms with van der Waals surface area (Å²) < 4.78 is 0. The highest BCUT2D eigenvalue weighted by atomic mass is 32.1. The molecule has 5 heteroatoms. The molecule has 0 saturated heterocycles. The molecular weight excluding hydrogens is 248 g/mol. The minimum Gasteiger partial charge on any atom is -0.478 e. The van der Waals surface area contributed by atoms with Crippen molar-refractivity contribution in [2.45, 2.75) is 13.0 Å². The number of nitrogens with one attached hydrogen (secondary N) is 1. The lowest BCUT2D eigenvalue weighted by Gasteiger charge is -2.03. The number of carbonyl (C=O) groups is 1. The quantitative estimate of drug-likeness (QED) is 0.783. The predicted octanol–water partition coefficient (Wildman–Crippen LogP) is 2.17. The summed E-state index contributed by atoms with van der Waals surface area (Å²) in [7, 11) is 0. The lowest BCUT2D eigenvalue weighted by Crippen LogP contribution is -2.17. The summed E-state index contributed by atoms with van der Waals surface area (Å²) in [5.74, 6) is -0.945. The van der Waals surface area contributed by atoms with Gasteiger partial charge in [0, 0.05) is 24.2 Å². The van der Waals surface area contributed by atoms with Gasteiger partial charge < -0.3 is 10.4 Å². The van der Waals surface area contributed by atoms with Crippen LogP contribution in [0.15, 0.2) is 35.8 Å². The highest BCUT2D eigenvalue weighted by molar-refractivity contribution is 7.09. The largest absolute Gasteiger partial charge is 0.478 e. The third-order valence-corrected chi connectivity index (χ3v) is 3.44. The van der Waals surface area contributed by atoms with Crippen LogP contribution in [-0.4, -0.2) is 22.6 Å². The first-order valence-corrected chi connectivity index (χ1v) is 6.55. The van der Waals surface area contributed by atoms with E-state index in [-0.39, 0.29) is 5.56 Å². The number of nitrogens with zero attached hydrogens (tertiary/aromatic N) is 1. The van der Waals surface area contributed by atoms with Crippen molar-refractivity contribution in [3.8, 4) is 0 Å². The van der Waals surface area contributed by atoms with Gasteiger partial charge in [-0.15, -0.1) is 11.3 Å². The van der Waals surface area contributed by atoms with E-state index in [1.165, 1.54) is 11.1 Å². The van der Waals surface area contributed by atoms with Crippen LogP contribution >= 0.6 is 11.3 Å². The lowest BCUT2D eigenvalue weighted by atomic mass is 10.2. The summed E-state index contributed by atoms with van der Waals surface area (Å²) >= 11 is 1.75. The van der Waals surface area contributed by atoms with Gasteiger partial charge in [-0.25, -0.2) is 4.79 Å². The molecule has 94 valence electrons. The highest BCUT2D eigenvalue weighted by Gasteiger charge is 2.02. The fourth-order valence-corrected chi connectivity index (χ4v) is 2.25. The molecule has 0 radical (unpaired) electrons. The molecule has 0 unspecified atom stereocenters. The van der Waals surface area contributed by atoms with E-state index in [4.69, 9.17) is 5.11 Å². The molecule has 0 aliphatic rings. The zero-order valence-corrected chi connectivity index (χ0v) is 10.6. The minimum absolute atomic E-state index is 0.220. The average molecular weight is 262 g/mol. The van der Waals surface area contributed by atoms with Crippen LogP contribution in [0.2, 0.25) is 0 Å². The van der Waals surface area contributed by atoms with E-state index in [0.717, 1.165) is 18.7 Å². The van der Waals surface area contributed by atoms with Crippen molar-refractivity contribution in [1.82, 2.24) is 10.3 Å². The molecule has 0 aliphatic heterocycles. The SMILES string of the molecule is O=C(O)c1ccc(CNCCc2cccs2)nc1. The van der Waals surface area contributed by atoms with Crippen LogP contribution in [0.3, 0.4) is 0 Å². The Balaban J connectivity index is 1.75. The van der Waals surface area contributed by atoms with Gasteiger partial charge in [0.15, 0.2) is 0 Å². The smallest absolute Gasteiger partial charge is 0.337 e. The fourth-order valence-electron chi connectivity index (χ4n) is 1.54. The highest BCUT2D eigenvalue weighted by Crippen LogP contribution is 2.08. The maximum absolute atomic E-state index is 10.6. The Bertz CT molecular complexity index is 494. The van der Waals surface area contributed by atoms with Crippen LogP contribution in [0.25, 0.3) is 0 Å². The van der Waals surface area contributed by atoms with E-state index in [1.54, 1.807) is 23.5 Å². The maximum atomic E-state index is 10.6. The van der Waals surface area contributed by atoms with Crippen molar-refractivity contribution in [2.75, 3.05) is 6.54 Å². The van der Waals surface area contributed by atoms with Gasteiger partial charge in [-0.2, -0.15) is 0 Å². The van der Waals surface area contributed by atoms with Crippen molar-refractivity contribution < 1.29 is 9.90 Å². The normalized spacial score (nSPS) is 10.4. The van der Waals surface area contributed by atoms with Crippen molar-refractivity contribution >= 4 is 17.3 Å². The zero-order chi connectivity index (χ0) is 12.8. The number of rotatable bonds is 6. The molecule has 2 heterocycles. The van der Waals surface area contributed by atoms with Crippen LogP contribution in [0.4, 0.5) is 0 Å².